The Kier molecular flexibility index (Phi) is 1.63. The molecule has 0 aliphatic carbocycles. The molecule has 5 nitrogen and oxygen atoms in total. The Morgan fingerprint density at radius 1 is 1.46 bits per heavy atom. The Morgan fingerprint density at radius 2 is 2.23 bits per heavy atom. The molecule has 0 spiro atoms. The number of hydrogen-bond donors (Lipinski definition) is 1. The summed E-state index contributed by atoms with van der Waals surface area (Å²) >= 11 is 0. The Bertz CT molecular complexity index is 416. The van der Waals surface area contributed by atoms with Crippen molar-refractivity contribution in [3.8, 4) is 6.08 Å². The van der Waals surface area contributed by atoms with E-state index in [-0.39, 0.29) is 6.08 Å². The van der Waals surface area contributed by atoms with Crippen LogP contribution in [0.5, 0.6) is 6.08 Å². The van der Waals surface area contributed by atoms with E-state index < -0.39 is 6.09 Å². The lowest BCUT2D eigenvalue weighted by Gasteiger charge is -1.89. The molecule has 0 unspecified atom stereocenters. The van der Waals surface area contributed by atoms with Crippen LogP contribution in [0, 0.1) is 0 Å². The van der Waals surface area contributed by atoms with Gasteiger partial charge in [-0.05, 0) is 12.1 Å². The van der Waals surface area contributed by atoms with Crippen LogP contribution in [0.3, 0.4) is 0 Å². The number of para-hydroxylation sites is 2. The van der Waals surface area contributed by atoms with Crippen molar-refractivity contribution < 1.29 is 13.9 Å². The third-order valence-electron chi connectivity index (χ3n) is 1.46. The molecule has 2 aromatic rings. The summed E-state index contributed by atoms with van der Waals surface area (Å²) in [6, 6.07) is 7.06. The highest BCUT2D eigenvalue weighted by Crippen LogP contribution is 2.19. The second kappa shape index (κ2) is 2.78. The summed E-state index contributed by atoms with van der Waals surface area (Å²) in [5, 5.41) is 0. The average Bonchev–Trinajstić information content (AvgIpc) is 2.44. The highest BCUT2D eigenvalue weighted by Gasteiger charge is 2.07. The van der Waals surface area contributed by atoms with Gasteiger partial charge in [0.1, 0.15) is 5.52 Å². The number of rotatable bonds is 1. The molecule has 0 bridgehead atoms. The van der Waals surface area contributed by atoms with Crippen LogP contribution in [-0.2, 0) is 0 Å². The highest BCUT2D eigenvalue weighted by molar-refractivity contribution is 5.74. The summed E-state index contributed by atoms with van der Waals surface area (Å²) in [6.45, 7) is 0. The van der Waals surface area contributed by atoms with Crippen molar-refractivity contribution >= 4 is 17.2 Å². The van der Waals surface area contributed by atoms with Gasteiger partial charge in [0.25, 0.3) is 0 Å². The van der Waals surface area contributed by atoms with Crippen molar-refractivity contribution in [2.24, 2.45) is 5.73 Å². The van der Waals surface area contributed by atoms with E-state index in [0.29, 0.717) is 11.1 Å². The molecule has 1 aromatic heterocycles. The van der Waals surface area contributed by atoms with E-state index in [2.05, 4.69) is 9.72 Å². The SMILES string of the molecule is NC(=O)Oc1nc2ccccc2o1. The van der Waals surface area contributed by atoms with Crippen LogP contribution in [0.15, 0.2) is 28.7 Å². The molecule has 0 aliphatic heterocycles. The average molecular weight is 178 g/mol. The second-order valence-corrected chi connectivity index (χ2v) is 2.37. The summed E-state index contributed by atoms with van der Waals surface area (Å²) in [7, 11) is 0. The number of hydrogen-bond acceptors (Lipinski definition) is 4. The molecule has 2 N–H and O–H groups in total. The molecular weight excluding hydrogens is 172 g/mol. The highest BCUT2D eigenvalue weighted by atomic mass is 16.6. The molecule has 1 heterocycles. The van der Waals surface area contributed by atoms with Crippen molar-refractivity contribution in [2.45, 2.75) is 0 Å². The molecule has 1 amide bonds. The van der Waals surface area contributed by atoms with Crippen LogP contribution in [0.1, 0.15) is 0 Å². The number of fused-ring (bicyclic) bond motifs is 1. The Balaban J connectivity index is 2.44. The minimum absolute atomic E-state index is 0.131. The van der Waals surface area contributed by atoms with Gasteiger partial charge in [-0.2, -0.15) is 4.98 Å². The fourth-order valence-corrected chi connectivity index (χ4v) is 0.981. The van der Waals surface area contributed by atoms with Gasteiger partial charge in [-0.3, -0.25) is 0 Å². The molecule has 0 aliphatic rings. The maximum atomic E-state index is 10.3. The van der Waals surface area contributed by atoms with Gasteiger partial charge in [0, 0.05) is 0 Å². The standard InChI is InChI=1S/C8H6N2O3/c9-7(11)13-8-10-5-3-1-2-4-6(5)12-8/h1-4H,(H2,9,11). The van der Waals surface area contributed by atoms with Gasteiger partial charge in [-0.25, -0.2) is 4.79 Å². The van der Waals surface area contributed by atoms with Gasteiger partial charge in [0.15, 0.2) is 5.58 Å². The Morgan fingerprint density at radius 3 is 2.92 bits per heavy atom. The Hall–Kier alpha value is -2.04. The summed E-state index contributed by atoms with van der Waals surface area (Å²) in [4.78, 5) is 14.2. The van der Waals surface area contributed by atoms with E-state index in [4.69, 9.17) is 10.2 Å². The molecule has 0 saturated heterocycles. The molecule has 0 atom stereocenters. The maximum Gasteiger partial charge on any atom is 0.413 e. The first kappa shape index (κ1) is 7.60. The molecular formula is C8H6N2O3. The number of nitrogens with two attached hydrogens (primary N) is 1. The van der Waals surface area contributed by atoms with Crippen LogP contribution in [-0.4, -0.2) is 11.1 Å². The quantitative estimate of drug-likeness (QED) is 0.713. The molecule has 5 heteroatoms. The number of nitrogens with zero attached hydrogens (tertiary/aromatic N) is 1. The van der Waals surface area contributed by atoms with E-state index >= 15 is 0 Å². The Labute approximate surface area is 73.1 Å². The molecule has 66 valence electrons. The monoisotopic (exact) mass is 178 g/mol. The largest absolute Gasteiger partial charge is 0.413 e. The smallest absolute Gasteiger partial charge is 0.409 e. The predicted molar refractivity (Wildman–Crippen MR) is 44.2 cm³/mol. The number of ether oxygens (including phenoxy) is 1. The summed E-state index contributed by atoms with van der Waals surface area (Å²) in [5.74, 6) is 0. The lowest BCUT2D eigenvalue weighted by atomic mass is 10.3. The van der Waals surface area contributed by atoms with Crippen molar-refractivity contribution in [3.63, 3.8) is 0 Å². The number of carbonyl (C=O) groups is 1. The maximum absolute atomic E-state index is 10.3. The lowest BCUT2D eigenvalue weighted by molar-refractivity contribution is 0.196. The van der Waals surface area contributed by atoms with Gasteiger partial charge in [-0.1, -0.05) is 12.1 Å². The fourth-order valence-electron chi connectivity index (χ4n) is 0.981. The van der Waals surface area contributed by atoms with Crippen LogP contribution >= 0.6 is 0 Å². The minimum atomic E-state index is -0.938. The van der Waals surface area contributed by atoms with Gasteiger partial charge in [0.05, 0.1) is 0 Å². The minimum Gasteiger partial charge on any atom is -0.409 e. The van der Waals surface area contributed by atoms with E-state index in [1.54, 1.807) is 24.3 Å². The summed E-state index contributed by atoms with van der Waals surface area (Å²) < 4.78 is 9.50. The zero-order valence-electron chi connectivity index (χ0n) is 6.56. The van der Waals surface area contributed by atoms with Crippen LogP contribution in [0.4, 0.5) is 4.79 Å². The van der Waals surface area contributed by atoms with Gasteiger partial charge in [-0.15, -0.1) is 0 Å². The van der Waals surface area contributed by atoms with Gasteiger partial charge in [0.2, 0.25) is 0 Å². The van der Waals surface area contributed by atoms with E-state index in [0.717, 1.165) is 0 Å². The number of primary amides is 1. The fraction of sp³-hybridized carbons (Fsp3) is 0. The van der Waals surface area contributed by atoms with E-state index in [1.165, 1.54) is 0 Å². The van der Waals surface area contributed by atoms with Crippen molar-refractivity contribution in [2.75, 3.05) is 0 Å². The first-order chi connectivity index (χ1) is 6.25. The lowest BCUT2D eigenvalue weighted by Crippen LogP contribution is -2.16. The van der Waals surface area contributed by atoms with E-state index in [1.807, 2.05) is 0 Å². The molecule has 0 saturated carbocycles. The third kappa shape index (κ3) is 1.44. The molecule has 0 fully saturated rings. The summed E-state index contributed by atoms with van der Waals surface area (Å²) in [6.07, 6.45) is -1.07. The molecule has 2 rings (SSSR count). The van der Waals surface area contributed by atoms with E-state index in [9.17, 15) is 4.79 Å². The number of benzene rings is 1. The normalized spacial score (nSPS) is 10.2. The van der Waals surface area contributed by atoms with Crippen molar-refractivity contribution in [1.29, 1.82) is 0 Å². The molecule has 0 radical (unpaired) electrons. The van der Waals surface area contributed by atoms with Crippen LogP contribution < -0.4 is 10.5 Å². The summed E-state index contributed by atoms with van der Waals surface area (Å²) in [5.41, 5.74) is 5.96. The first-order valence-electron chi connectivity index (χ1n) is 3.58. The van der Waals surface area contributed by atoms with Crippen molar-refractivity contribution in [3.05, 3.63) is 24.3 Å². The predicted octanol–water partition coefficient (Wildman–Crippen LogP) is 1.29. The first-order valence-corrected chi connectivity index (χ1v) is 3.58. The number of aromatic nitrogens is 1. The van der Waals surface area contributed by atoms with Crippen LogP contribution in [0.2, 0.25) is 0 Å². The third-order valence-corrected chi connectivity index (χ3v) is 1.46. The number of carbonyl (C=O) groups excluding carboxylic acids is 1. The zero-order chi connectivity index (χ0) is 9.26. The molecule has 13 heavy (non-hydrogen) atoms. The van der Waals surface area contributed by atoms with Crippen molar-refractivity contribution in [1.82, 2.24) is 4.98 Å². The van der Waals surface area contributed by atoms with Gasteiger partial charge < -0.3 is 14.9 Å². The second-order valence-electron chi connectivity index (χ2n) is 2.37. The topological polar surface area (TPSA) is 78.4 Å². The van der Waals surface area contributed by atoms with Crippen LogP contribution in [0.25, 0.3) is 11.1 Å². The number of amides is 1. The zero-order valence-corrected chi connectivity index (χ0v) is 6.56. The number of oxazole rings is 1. The molecule has 1 aromatic carbocycles. The van der Waals surface area contributed by atoms with Gasteiger partial charge >= 0.3 is 12.2 Å².